The van der Waals surface area contributed by atoms with Gasteiger partial charge in [-0.2, -0.15) is 15.0 Å². The molecule has 0 saturated carbocycles. The second kappa shape index (κ2) is 7.54. The lowest BCUT2D eigenvalue weighted by Crippen LogP contribution is -2.29. The number of fused-ring (bicyclic) bond motifs is 1. The normalized spacial score (nSPS) is 10.7. The Morgan fingerprint density at radius 3 is 2.54 bits per heavy atom. The Hall–Kier alpha value is -2.91. The van der Waals surface area contributed by atoms with Crippen LogP contribution < -0.4 is 22.1 Å². The van der Waals surface area contributed by atoms with Crippen LogP contribution in [-0.4, -0.2) is 38.9 Å². The molecular formula is C15H14Cl2N8O. The fourth-order valence-corrected chi connectivity index (χ4v) is 2.76. The van der Waals surface area contributed by atoms with Gasteiger partial charge in [0.15, 0.2) is 5.65 Å². The SMILES string of the molecule is Nc1nc(N)c2cnc(NCCNC(=O)c3c(Cl)cccc3Cl)nc2n1. The van der Waals surface area contributed by atoms with Gasteiger partial charge in [0.25, 0.3) is 5.91 Å². The Labute approximate surface area is 158 Å². The van der Waals surface area contributed by atoms with Crippen molar-refractivity contribution in [3.8, 4) is 0 Å². The molecule has 2 aromatic heterocycles. The Kier molecular flexibility index (Phi) is 5.19. The number of carbonyl (C=O) groups excluding carboxylic acids is 1. The molecule has 0 fully saturated rings. The third-order valence-electron chi connectivity index (χ3n) is 3.38. The number of aromatic nitrogens is 4. The minimum Gasteiger partial charge on any atom is -0.383 e. The van der Waals surface area contributed by atoms with Crippen molar-refractivity contribution in [1.82, 2.24) is 25.3 Å². The number of hydrogen-bond acceptors (Lipinski definition) is 8. The van der Waals surface area contributed by atoms with E-state index in [-0.39, 0.29) is 33.3 Å². The molecule has 0 unspecified atom stereocenters. The van der Waals surface area contributed by atoms with E-state index in [0.717, 1.165) is 0 Å². The molecule has 0 atom stereocenters. The standard InChI is InChI=1S/C15H14Cl2N8O/c16-8-2-1-3-9(17)10(8)13(26)20-4-5-21-15-22-6-7-11(18)23-14(19)24-12(7)25-15/h1-3,6H,4-5H2,(H,20,26)(H5,18,19,21,22,23,24,25). The quantitative estimate of drug-likeness (QED) is 0.480. The van der Waals surface area contributed by atoms with Crippen molar-refractivity contribution in [3.63, 3.8) is 0 Å². The third-order valence-corrected chi connectivity index (χ3v) is 4.01. The maximum atomic E-state index is 12.2. The summed E-state index contributed by atoms with van der Waals surface area (Å²) in [6, 6.07) is 4.87. The molecule has 0 radical (unpaired) electrons. The number of nitrogens with one attached hydrogen (secondary N) is 2. The molecule has 2 heterocycles. The van der Waals surface area contributed by atoms with Crippen LogP contribution in [-0.2, 0) is 0 Å². The number of rotatable bonds is 5. The van der Waals surface area contributed by atoms with E-state index in [9.17, 15) is 4.79 Å². The summed E-state index contributed by atoms with van der Waals surface area (Å²) in [5.74, 6) is 0.196. The van der Waals surface area contributed by atoms with Crippen LogP contribution in [0.2, 0.25) is 10.0 Å². The van der Waals surface area contributed by atoms with E-state index in [1.54, 1.807) is 18.2 Å². The van der Waals surface area contributed by atoms with Gasteiger partial charge in [0, 0.05) is 19.3 Å². The monoisotopic (exact) mass is 392 g/mol. The molecular weight excluding hydrogens is 379 g/mol. The molecule has 0 aliphatic rings. The van der Waals surface area contributed by atoms with Crippen molar-refractivity contribution in [2.45, 2.75) is 0 Å². The van der Waals surface area contributed by atoms with E-state index in [4.69, 9.17) is 34.7 Å². The lowest BCUT2D eigenvalue weighted by atomic mass is 10.2. The number of anilines is 3. The lowest BCUT2D eigenvalue weighted by molar-refractivity contribution is 0.0955. The van der Waals surface area contributed by atoms with Crippen molar-refractivity contribution in [3.05, 3.63) is 40.0 Å². The fraction of sp³-hybridized carbons (Fsp3) is 0.133. The second-order valence-corrected chi connectivity index (χ2v) is 5.99. The second-order valence-electron chi connectivity index (χ2n) is 5.18. The predicted octanol–water partition coefficient (Wildman–Crippen LogP) is 1.73. The van der Waals surface area contributed by atoms with Crippen LogP contribution in [0.4, 0.5) is 17.7 Å². The van der Waals surface area contributed by atoms with Crippen LogP contribution in [0.5, 0.6) is 0 Å². The fourth-order valence-electron chi connectivity index (χ4n) is 2.19. The van der Waals surface area contributed by atoms with Gasteiger partial charge in [0.05, 0.1) is 21.0 Å². The molecule has 0 bridgehead atoms. The summed E-state index contributed by atoms with van der Waals surface area (Å²) in [6.45, 7) is 0.672. The van der Waals surface area contributed by atoms with Crippen molar-refractivity contribution in [2.75, 3.05) is 29.9 Å². The van der Waals surface area contributed by atoms with Gasteiger partial charge >= 0.3 is 0 Å². The van der Waals surface area contributed by atoms with E-state index in [1.807, 2.05) is 0 Å². The van der Waals surface area contributed by atoms with Crippen LogP contribution in [0, 0.1) is 0 Å². The van der Waals surface area contributed by atoms with E-state index in [1.165, 1.54) is 6.20 Å². The van der Waals surface area contributed by atoms with Gasteiger partial charge in [0.1, 0.15) is 5.82 Å². The number of halogens is 2. The van der Waals surface area contributed by atoms with Gasteiger partial charge in [-0.25, -0.2) is 4.98 Å². The Bertz CT molecular complexity index is 961. The Balaban J connectivity index is 1.60. The zero-order valence-electron chi connectivity index (χ0n) is 13.3. The number of amides is 1. The lowest BCUT2D eigenvalue weighted by Gasteiger charge is -2.09. The molecule has 11 heteroatoms. The highest BCUT2D eigenvalue weighted by atomic mass is 35.5. The average Bonchev–Trinajstić information content (AvgIpc) is 2.58. The molecule has 26 heavy (non-hydrogen) atoms. The maximum absolute atomic E-state index is 12.2. The van der Waals surface area contributed by atoms with Crippen molar-refractivity contribution in [2.24, 2.45) is 0 Å². The first kappa shape index (κ1) is 17.9. The summed E-state index contributed by atoms with van der Waals surface area (Å²) in [5, 5.41) is 6.76. The first-order valence-corrected chi connectivity index (χ1v) is 8.23. The minimum absolute atomic E-state index is 0.0310. The molecule has 1 aromatic carbocycles. The van der Waals surface area contributed by atoms with Crippen molar-refractivity contribution >= 4 is 57.9 Å². The minimum atomic E-state index is -0.366. The summed E-state index contributed by atoms with van der Waals surface area (Å²) in [5.41, 5.74) is 11.9. The highest BCUT2D eigenvalue weighted by molar-refractivity contribution is 6.39. The van der Waals surface area contributed by atoms with Gasteiger partial charge in [0.2, 0.25) is 11.9 Å². The Morgan fingerprint density at radius 1 is 1.08 bits per heavy atom. The highest BCUT2D eigenvalue weighted by Crippen LogP contribution is 2.23. The summed E-state index contributed by atoms with van der Waals surface area (Å²) < 4.78 is 0. The summed E-state index contributed by atoms with van der Waals surface area (Å²) >= 11 is 12.0. The number of nitrogens with zero attached hydrogens (tertiary/aromatic N) is 4. The molecule has 3 aromatic rings. The number of nitrogen functional groups attached to an aromatic ring is 2. The largest absolute Gasteiger partial charge is 0.383 e. The van der Waals surface area contributed by atoms with E-state index < -0.39 is 0 Å². The van der Waals surface area contributed by atoms with Crippen LogP contribution in [0.25, 0.3) is 11.0 Å². The van der Waals surface area contributed by atoms with Crippen LogP contribution in [0.1, 0.15) is 10.4 Å². The van der Waals surface area contributed by atoms with E-state index in [2.05, 4.69) is 30.6 Å². The summed E-state index contributed by atoms with van der Waals surface area (Å²) in [4.78, 5) is 28.4. The number of benzene rings is 1. The third kappa shape index (κ3) is 3.84. The molecule has 3 rings (SSSR count). The number of nitrogens with two attached hydrogens (primary N) is 2. The van der Waals surface area contributed by atoms with Crippen LogP contribution in [0.15, 0.2) is 24.4 Å². The van der Waals surface area contributed by atoms with Crippen molar-refractivity contribution in [1.29, 1.82) is 0 Å². The molecule has 0 aliphatic carbocycles. The first-order valence-electron chi connectivity index (χ1n) is 7.47. The topological polar surface area (TPSA) is 145 Å². The summed E-state index contributed by atoms with van der Waals surface area (Å²) in [6.07, 6.45) is 1.50. The molecule has 0 aliphatic heterocycles. The molecule has 6 N–H and O–H groups in total. The smallest absolute Gasteiger partial charge is 0.254 e. The molecule has 9 nitrogen and oxygen atoms in total. The Morgan fingerprint density at radius 2 is 1.81 bits per heavy atom. The number of hydrogen-bond donors (Lipinski definition) is 4. The maximum Gasteiger partial charge on any atom is 0.254 e. The molecule has 134 valence electrons. The highest BCUT2D eigenvalue weighted by Gasteiger charge is 2.13. The molecule has 0 saturated heterocycles. The van der Waals surface area contributed by atoms with Gasteiger partial charge in [-0.15, -0.1) is 0 Å². The van der Waals surface area contributed by atoms with E-state index >= 15 is 0 Å². The van der Waals surface area contributed by atoms with Crippen LogP contribution in [0.3, 0.4) is 0 Å². The van der Waals surface area contributed by atoms with Gasteiger partial charge in [-0.05, 0) is 12.1 Å². The van der Waals surface area contributed by atoms with Crippen LogP contribution >= 0.6 is 23.2 Å². The van der Waals surface area contributed by atoms with E-state index in [0.29, 0.717) is 30.1 Å². The zero-order chi connectivity index (χ0) is 18.7. The van der Waals surface area contributed by atoms with Gasteiger partial charge < -0.3 is 22.1 Å². The molecule has 0 spiro atoms. The number of carbonyl (C=O) groups is 1. The molecule has 1 amide bonds. The average molecular weight is 393 g/mol. The summed E-state index contributed by atoms with van der Waals surface area (Å²) in [7, 11) is 0. The predicted molar refractivity (Wildman–Crippen MR) is 101 cm³/mol. The van der Waals surface area contributed by atoms with Crippen molar-refractivity contribution < 1.29 is 4.79 Å². The zero-order valence-corrected chi connectivity index (χ0v) is 14.8. The first-order chi connectivity index (χ1) is 12.5. The van der Waals surface area contributed by atoms with Gasteiger partial charge in [-0.3, -0.25) is 4.79 Å². The van der Waals surface area contributed by atoms with Gasteiger partial charge in [-0.1, -0.05) is 29.3 Å².